The average molecular weight is 464 g/mol. The maximum Gasteiger partial charge on any atom is 0.416 e. The van der Waals surface area contributed by atoms with E-state index in [9.17, 15) is 32.3 Å². The summed E-state index contributed by atoms with van der Waals surface area (Å²) >= 11 is 0. The van der Waals surface area contributed by atoms with Gasteiger partial charge in [-0.25, -0.2) is 4.79 Å². The van der Waals surface area contributed by atoms with E-state index in [1.165, 1.54) is 30.2 Å². The summed E-state index contributed by atoms with van der Waals surface area (Å²) in [6.45, 7) is -0.696. The summed E-state index contributed by atoms with van der Waals surface area (Å²) in [5, 5.41) is 2.23. The van der Waals surface area contributed by atoms with Crippen molar-refractivity contribution in [1.29, 1.82) is 0 Å². The Kier molecular flexibility index (Phi) is 7.00. The number of hydrogen-bond donors (Lipinski definition) is 1. The average Bonchev–Trinajstić information content (AvgIpc) is 3.18. The van der Waals surface area contributed by atoms with Crippen LogP contribution in [0.4, 0.5) is 24.5 Å². The van der Waals surface area contributed by atoms with Crippen LogP contribution in [-0.4, -0.2) is 44.0 Å². The molecule has 8 nitrogen and oxygen atoms in total. The fraction of sp³-hybridized carbons (Fsp3) is 0.273. The lowest BCUT2D eigenvalue weighted by atomic mass is 10.1. The van der Waals surface area contributed by atoms with Crippen LogP contribution in [0.2, 0.25) is 0 Å². The number of carbonyl (C=O) groups is 4. The van der Waals surface area contributed by atoms with Crippen molar-refractivity contribution in [2.24, 2.45) is 5.92 Å². The van der Waals surface area contributed by atoms with Crippen LogP contribution in [0.15, 0.2) is 48.5 Å². The number of amides is 2. The molecule has 0 aliphatic carbocycles. The number of alkyl halides is 3. The van der Waals surface area contributed by atoms with Gasteiger partial charge < -0.3 is 19.7 Å². The normalized spacial score (nSPS) is 15.8. The summed E-state index contributed by atoms with van der Waals surface area (Å²) in [6, 6.07) is 10.1. The zero-order valence-corrected chi connectivity index (χ0v) is 17.3. The van der Waals surface area contributed by atoms with Crippen LogP contribution in [0.25, 0.3) is 0 Å². The molecule has 11 heteroatoms. The molecule has 2 aromatic rings. The van der Waals surface area contributed by atoms with Crippen LogP contribution in [0.5, 0.6) is 0 Å². The van der Waals surface area contributed by atoms with Crippen LogP contribution in [0.3, 0.4) is 0 Å². The highest BCUT2D eigenvalue weighted by atomic mass is 19.4. The number of ether oxygens (including phenoxy) is 2. The number of carbonyl (C=O) groups excluding carboxylic acids is 4. The largest absolute Gasteiger partial charge is 0.465 e. The van der Waals surface area contributed by atoms with E-state index in [0.717, 1.165) is 18.2 Å². The molecule has 1 saturated heterocycles. The molecule has 0 saturated carbocycles. The Bertz CT molecular complexity index is 1070. The molecule has 1 atom stereocenters. The van der Waals surface area contributed by atoms with E-state index in [-0.39, 0.29) is 24.6 Å². The number of esters is 2. The molecule has 1 heterocycles. The molecular formula is C22H19F3N2O6. The predicted octanol–water partition coefficient (Wildman–Crippen LogP) is 3.03. The highest BCUT2D eigenvalue weighted by Crippen LogP contribution is 2.30. The first-order valence-electron chi connectivity index (χ1n) is 9.71. The zero-order chi connectivity index (χ0) is 24.2. The van der Waals surface area contributed by atoms with Crippen LogP contribution < -0.4 is 10.2 Å². The Balaban J connectivity index is 1.53. The second-order valence-corrected chi connectivity index (χ2v) is 7.18. The fourth-order valence-electron chi connectivity index (χ4n) is 3.24. The van der Waals surface area contributed by atoms with Crippen molar-refractivity contribution in [3.63, 3.8) is 0 Å². The predicted molar refractivity (Wildman–Crippen MR) is 109 cm³/mol. The van der Waals surface area contributed by atoms with E-state index in [2.05, 4.69) is 10.1 Å². The standard InChI is InChI=1S/C22H19F3N2O6/c1-32-20(30)13-5-7-17(8-6-13)27-11-14(9-19(27)29)21(31)33-12-18(28)26-16-4-2-3-15(10-16)22(23,24)25/h2-8,10,14H,9,11-12H2,1H3,(H,26,28)/t14-/m0/s1. The summed E-state index contributed by atoms with van der Waals surface area (Å²) in [5.41, 5.74) is -0.245. The Labute approximate surface area is 186 Å². The van der Waals surface area contributed by atoms with Gasteiger partial charge in [0.2, 0.25) is 5.91 Å². The van der Waals surface area contributed by atoms with Gasteiger partial charge in [0.05, 0.1) is 24.2 Å². The minimum Gasteiger partial charge on any atom is -0.465 e. The maximum absolute atomic E-state index is 12.8. The van der Waals surface area contributed by atoms with Crippen molar-refractivity contribution in [2.45, 2.75) is 12.6 Å². The van der Waals surface area contributed by atoms with E-state index in [1.807, 2.05) is 0 Å². The smallest absolute Gasteiger partial charge is 0.416 e. The minimum absolute atomic E-state index is 0.0183. The molecule has 3 rings (SSSR count). The number of anilines is 2. The van der Waals surface area contributed by atoms with Crippen molar-refractivity contribution < 1.29 is 41.8 Å². The third-order valence-electron chi connectivity index (χ3n) is 4.88. The van der Waals surface area contributed by atoms with Gasteiger partial charge in [-0.3, -0.25) is 14.4 Å². The molecule has 174 valence electrons. The topological polar surface area (TPSA) is 102 Å². The van der Waals surface area contributed by atoms with Gasteiger partial charge in [0, 0.05) is 24.3 Å². The minimum atomic E-state index is -4.56. The van der Waals surface area contributed by atoms with Crippen LogP contribution in [-0.2, 0) is 30.0 Å². The SMILES string of the molecule is COC(=O)c1ccc(N2C[C@@H](C(=O)OCC(=O)Nc3cccc(C(F)(F)F)c3)CC2=O)cc1. The number of nitrogens with one attached hydrogen (secondary N) is 1. The second kappa shape index (κ2) is 9.72. The molecule has 0 radical (unpaired) electrons. The first-order chi connectivity index (χ1) is 15.6. The molecule has 0 spiro atoms. The van der Waals surface area contributed by atoms with Gasteiger partial charge in [0.15, 0.2) is 6.61 Å². The lowest BCUT2D eigenvalue weighted by Gasteiger charge is -2.17. The fourth-order valence-corrected chi connectivity index (χ4v) is 3.24. The van der Waals surface area contributed by atoms with E-state index < -0.39 is 42.1 Å². The zero-order valence-electron chi connectivity index (χ0n) is 17.3. The number of methoxy groups -OCH3 is 1. The van der Waals surface area contributed by atoms with E-state index >= 15 is 0 Å². The van der Waals surface area contributed by atoms with E-state index in [4.69, 9.17) is 4.74 Å². The Morgan fingerprint density at radius 1 is 1.12 bits per heavy atom. The van der Waals surface area contributed by atoms with Gasteiger partial charge in [0.25, 0.3) is 5.91 Å². The molecule has 0 bridgehead atoms. The molecule has 1 fully saturated rings. The molecule has 1 aliphatic heterocycles. The Morgan fingerprint density at radius 3 is 2.45 bits per heavy atom. The summed E-state index contributed by atoms with van der Waals surface area (Å²) in [5.74, 6) is -3.28. The number of halogens is 3. The van der Waals surface area contributed by atoms with Crippen LogP contribution in [0, 0.1) is 5.92 Å². The van der Waals surface area contributed by atoms with Crippen LogP contribution >= 0.6 is 0 Å². The highest BCUT2D eigenvalue weighted by molar-refractivity contribution is 6.00. The molecule has 1 N–H and O–H groups in total. The summed E-state index contributed by atoms with van der Waals surface area (Å²) < 4.78 is 47.8. The van der Waals surface area contributed by atoms with Crippen molar-refractivity contribution in [3.05, 3.63) is 59.7 Å². The number of hydrogen-bond acceptors (Lipinski definition) is 6. The molecular weight excluding hydrogens is 445 g/mol. The van der Waals surface area contributed by atoms with Gasteiger partial charge in [-0.05, 0) is 42.5 Å². The first-order valence-corrected chi connectivity index (χ1v) is 9.71. The Hall–Kier alpha value is -3.89. The highest BCUT2D eigenvalue weighted by Gasteiger charge is 2.36. The summed E-state index contributed by atoms with van der Waals surface area (Å²) in [7, 11) is 1.25. The van der Waals surface area contributed by atoms with Gasteiger partial charge in [0.1, 0.15) is 0 Å². The molecule has 0 aromatic heterocycles. The number of nitrogens with zero attached hydrogens (tertiary/aromatic N) is 1. The van der Waals surface area contributed by atoms with Crippen molar-refractivity contribution >= 4 is 35.1 Å². The second-order valence-electron chi connectivity index (χ2n) is 7.18. The molecule has 0 unspecified atom stereocenters. The Morgan fingerprint density at radius 2 is 1.82 bits per heavy atom. The van der Waals surface area contributed by atoms with Crippen molar-refractivity contribution in [3.8, 4) is 0 Å². The maximum atomic E-state index is 12.8. The third-order valence-corrected chi connectivity index (χ3v) is 4.88. The molecule has 2 aromatic carbocycles. The van der Waals surface area contributed by atoms with Crippen LogP contribution in [0.1, 0.15) is 22.3 Å². The monoisotopic (exact) mass is 464 g/mol. The number of rotatable bonds is 6. The van der Waals surface area contributed by atoms with E-state index in [1.54, 1.807) is 12.1 Å². The first kappa shape index (κ1) is 23.8. The van der Waals surface area contributed by atoms with Gasteiger partial charge >= 0.3 is 18.1 Å². The summed E-state index contributed by atoms with van der Waals surface area (Å²) in [4.78, 5) is 49.4. The van der Waals surface area contributed by atoms with Gasteiger partial charge in [-0.1, -0.05) is 6.07 Å². The molecule has 33 heavy (non-hydrogen) atoms. The van der Waals surface area contributed by atoms with Gasteiger partial charge in [-0.2, -0.15) is 13.2 Å². The van der Waals surface area contributed by atoms with E-state index in [0.29, 0.717) is 11.3 Å². The lowest BCUT2D eigenvalue weighted by Crippen LogP contribution is -2.28. The molecule has 1 aliphatic rings. The molecule has 2 amide bonds. The van der Waals surface area contributed by atoms with Gasteiger partial charge in [-0.15, -0.1) is 0 Å². The lowest BCUT2D eigenvalue weighted by molar-refractivity contribution is -0.151. The summed E-state index contributed by atoms with van der Waals surface area (Å²) in [6.07, 6.45) is -4.69. The number of benzene rings is 2. The van der Waals surface area contributed by atoms with Crippen molar-refractivity contribution in [1.82, 2.24) is 0 Å². The van der Waals surface area contributed by atoms with Crippen molar-refractivity contribution in [2.75, 3.05) is 30.5 Å². The quantitative estimate of drug-likeness (QED) is 0.660. The third kappa shape index (κ3) is 5.88.